The Hall–Kier alpha value is -0.610. The van der Waals surface area contributed by atoms with Crippen LogP contribution in [0.1, 0.15) is 43.0 Å². The maximum Gasteiger partial charge on any atom is 0.253 e. The van der Waals surface area contributed by atoms with Crippen LogP contribution in [0.5, 0.6) is 0 Å². The molecule has 0 bridgehead atoms. The molecule has 1 aromatic heterocycles. The zero-order valence-electron chi connectivity index (χ0n) is 11.0. The highest BCUT2D eigenvalue weighted by Crippen LogP contribution is 2.34. The fourth-order valence-electron chi connectivity index (χ4n) is 2.80. The molecule has 104 valence electrons. The summed E-state index contributed by atoms with van der Waals surface area (Å²) < 4.78 is 0. The van der Waals surface area contributed by atoms with Crippen molar-refractivity contribution in [3.8, 4) is 0 Å². The number of amides is 1. The van der Waals surface area contributed by atoms with Crippen molar-refractivity contribution in [1.82, 2.24) is 10.3 Å². The fraction of sp³-hybridized carbons (Fsp3) is 0.571. The Kier molecular flexibility index (Phi) is 4.85. The third-order valence-corrected chi connectivity index (χ3v) is 5.12. The number of aromatic nitrogens is 1. The first-order chi connectivity index (χ1) is 9.06. The van der Waals surface area contributed by atoms with Gasteiger partial charge in [0.1, 0.15) is 0 Å². The average Bonchev–Trinajstić information content (AvgIpc) is 2.39. The quantitative estimate of drug-likeness (QED) is 0.846. The van der Waals surface area contributed by atoms with Gasteiger partial charge in [-0.15, -0.1) is 0 Å². The highest BCUT2D eigenvalue weighted by molar-refractivity contribution is 9.09. The van der Waals surface area contributed by atoms with Crippen LogP contribution in [-0.2, 0) is 0 Å². The Morgan fingerprint density at radius 2 is 2.47 bits per heavy atom. The lowest BCUT2D eigenvalue weighted by atomic mass is 9.77. The molecular formula is C14H18BrClN2O. The molecule has 1 saturated carbocycles. The van der Waals surface area contributed by atoms with Crippen molar-refractivity contribution in [3.63, 3.8) is 0 Å². The third kappa shape index (κ3) is 3.48. The minimum atomic E-state index is -0.151. The first kappa shape index (κ1) is 14.8. The summed E-state index contributed by atoms with van der Waals surface area (Å²) in [6.45, 7) is 2.24. The van der Waals surface area contributed by atoms with Gasteiger partial charge >= 0.3 is 0 Å². The summed E-state index contributed by atoms with van der Waals surface area (Å²) in [7, 11) is 0. The van der Waals surface area contributed by atoms with E-state index in [0.29, 0.717) is 16.5 Å². The van der Waals surface area contributed by atoms with Crippen molar-refractivity contribution >= 4 is 33.4 Å². The molecule has 2 atom stereocenters. The Balaban J connectivity index is 2.14. The summed E-state index contributed by atoms with van der Waals surface area (Å²) >= 11 is 9.57. The number of hydrogen-bond donors (Lipinski definition) is 1. The smallest absolute Gasteiger partial charge is 0.253 e. The number of halogens is 2. The van der Waals surface area contributed by atoms with Gasteiger partial charge in [0.25, 0.3) is 5.91 Å². The van der Waals surface area contributed by atoms with Gasteiger partial charge in [0.05, 0.1) is 16.1 Å². The molecule has 1 aliphatic rings. The Morgan fingerprint density at radius 3 is 3.11 bits per heavy atom. The first-order valence-corrected chi connectivity index (χ1v) is 8.04. The second kappa shape index (κ2) is 6.23. The van der Waals surface area contributed by atoms with Crippen molar-refractivity contribution < 1.29 is 4.79 Å². The van der Waals surface area contributed by atoms with E-state index in [0.717, 1.165) is 24.6 Å². The van der Waals surface area contributed by atoms with E-state index in [4.69, 9.17) is 11.6 Å². The number of hydrogen-bond acceptors (Lipinski definition) is 2. The number of carbonyl (C=O) groups excluding carboxylic acids is 1. The van der Waals surface area contributed by atoms with Crippen molar-refractivity contribution in [3.05, 3.63) is 29.0 Å². The maximum atomic E-state index is 12.4. The second-order valence-corrected chi connectivity index (χ2v) is 6.39. The molecule has 1 aromatic rings. The number of rotatable bonds is 3. The highest BCUT2D eigenvalue weighted by Gasteiger charge is 2.35. The van der Waals surface area contributed by atoms with E-state index < -0.39 is 0 Å². The highest BCUT2D eigenvalue weighted by atomic mass is 79.9. The van der Waals surface area contributed by atoms with Crippen LogP contribution in [0, 0.1) is 5.92 Å². The lowest BCUT2D eigenvalue weighted by Crippen LogP contribution is -2.52. The molecule has 0 spiro atoms. The normalized spacial score (nSPS) is 27.0. The summed E-state index contributed by atoms with van der Waals surface area (Å²) in [6.07, 6.45) is 7.49. The number of pyridine rings is 1. The van der Waals surface area contributed by atoms with Gasteiger partial charge in [-0.2, -0.15) is 0 Å². The molecule has 0 radical (unpaired) electrons. The average molecular weight is 346 g/mol. The Morgan fingerprint density at radius 1 is 1.68 bits per heavy atom. The molecule has 1 N–H and O–H groups in total. The van der Waals surface area contributed by atoms with Crippen LogP contribution >= 0.6 is 27.5 Å². The third-order valence-electron chi connectivity index (χ3n) is 3.74. The van der Waals surface area contributed by atoms with E-state index in [2.05, 4.69) is 33.2 Å². The summed E-state index contributed by atoms with van der Waals surface area (Å²) in [6, 6.07) is 1.66. The minimum absolute atomic E-state index is 0.110. The molecule has 2 rings (SSSR count). The summed E-state index contributed by atoms with van der Waals surface area (Å²) in [5.41, 5.74) is 0.344. The molecule has 1 heterocycles. The van der Waals surface area contributed by atoms with Crippen molar-refractivity contribution in [1.29, 1.82) is 0 Å². The number of nitrogens with one attached hydrogen (secondary N) is 1. The van der Waals surface area contributed by atoms with Crippen LogP contribution < -0.4 is 5.32 Å². The first-order valence-electron chi connectivity index (χ1n) is 6.54. The lowest BCUT2D eigenvalue weighted by molar-refractivity contribution is 0.0869. The van der Waals surface area contributed by atoms with E-state index >= 15 is 0 Å². The van der Waals surface area contributed by atoms with Crippen LogP contribution in [0.4, 0.5) is 0 Å². The number of alkyl halides is 1. The van der Waals surface area contributed by atoms with Gasteiger partial charge < -0.3 is 5.32 Å². The van der Waals surface area contributed by atoms with Crippen molar-refractivity contribution in [2.24, 2.45) is 5.92 Å². The van der Waals surface area contributed by atoms with E-state index in [-0.39, 0.29) is 11.4 Å². The molecular weight excluding hydrogens is 328 g/mol. The van der Waals surface area contributed by atoms with Crippen LogP contribution in [0.15, 0.2) is 18.5 Å². The standard InChI is InChI=1S/C14H18BrClN2O/c1-10-3-2-5-14(7-10,9-15)18-13(19)11-4-6-17-8-12(11)16/h4,6,8,10H,2-3,5,7,9H2,1H3,(H,18,19). The van der Waals surface area contributed by atoms with Crippen molar-refractivity contribution in [2.45, 2.75) is 38.1 Å². The van der Waals surface area contributed by atoms with Gasteiger partial charge in [-0.25, -0.2) is 0 Å². The predicted molar refractivity (Wildman–Crippen MR) is 80.9 cm³/mol. The van der Waals surface area contributed by atoms with Crippen LogP contribution in [0.3, 0.4) is 0 Å². The second-order valence-electron chi connectivity index (χ2n) is 5.43. The summed E-state index contributed by atoms with van der Waals surface area (Å²) in [5, 5.41) is 4.34. The largest absolute Gasteiger partial charge is 0.346 e. The van der Waals surface area contributed by atoms with E-state index in [1.807, 2.05) is 0 Å². The zero-order chi connectivity index (χ0) is 13.9. The van der Waals surface area contributed by atoms with Gasteiger partial charge in [-0.1, -0.05) is 47.3 Å². The fourth-order valence-corrected chi connectivity index (χ4v) is 3.65. The predicted octanol–water partition coefficient (Wildman–Crippen LogP) is 3.81. The minimum Gasteiger partial charge on any atom is -0.346 e. The molecule has 1 aliphatic carbocycles. The molecule has 2 unspecified atom stereocenters. The SMILES string of the molecule is CC1CCCC(CBr)(NC(=O)c2ccncc2Cl)C1. The van der Waals surface area contributed by atoms with E-state index in [1.54, 1.807) is 12.3 Å². The maximum absolute atomic E-state index is 12.4. The van der Waals surface area contributed by atoms with Crippen molar-refractivity contribution in [2.75, 3.05) is 5.33 Å². The van der Waals surface area contributed by atoms with Gasteiger partial charge in [-0.05, 0) is 24.8 Å². The summed E-state index contributed by atoms with van der Waals surface area (Å²) in [4.78, 5) is 16.3. The topological polar surface area (TPSA) is 42.0 Å². The summed E-state index contributed by atoms with van der Waals surface area (Å²) in [5.74, 6) is 0.528. The monoisotopic (exact) mass is 344 g/mol. The molecule has 3 nitrogen and oxygen atoms in total. The van der Waals surface area contributed by atoms with Crippen LogP contribution in [-0.4, -0.2) is 21.8 Å². The van der Waals surface area contributed by atoms with E-state index in [1.165, 1.54) is 12.6 Å². The van der Waals surface area contributed by atoms with Crippen LogP contribution in [0.2, 0.25) is 5.02 Å². The zero-order valence-corrected chi connectivity index (χ0v) is 13.3. The van der Waals surface area contributed by atoms with Gasteiger partial charge in [0, 0.05) is 17.7 Å². The molecule has 1 fully saturated rings. The van der Waals surface area contributed by atoms with Gasteiger partial charge in [0.2, 0.25) is 0 Å². The molecule has 0 aromatic carbocycles. The Labute approximate surface area is 127 Å². The molecule has 0 saturated heterocycles. The van der Waals surface area contributed by atoms with Gasteiger partial charge in [0.15, 0.2) is 0 Å². The number of nitrogens with zero attached hydrogens (tertiary/aromatic N) is 1. The van der Waals surface area contributed by atoms with Gasteiger partial charge in [-0.3, -0.25) is 9.78 Å². The molecule has 19 heavy (non-hydrogen) atoms. The van der Waals surface area contributed by atoms with E-state index in [9.17, 15) is 4.79 Å². The number of carbonyl (C=O) groups is 1. The van der Waals surface area contributed by atoms with Crippen LogP contribution in [0.25, 0.3) is 0 Å². The lowest BCUT2D eigenvalue weighted by Gasteiger charge is -2.39. The molecule has 1 amide bonds. The molecule has 5 heteroatoms. The molecule has 0 aliphatic heterocycles. The Bertz CT molecular complexity index is 469.